The van der Waals surface area contributed by atoms with Gasteiger partial charge in [-0.1, -0.05) is 93.9 Å². The standard InChI is InChI=1S/C47H58Cl2N6O7S/c1-29-42(63-28-52-29)32-16-14-30(15-17-32)23-51-45(59)37-22-34(56)26-55(37)46(60)43(47(2,3)4)53-40(57)11-9-7-5-6-8-10-20-61-39-21-33(18-19-38(39)62-27-31-12-13-31)44(58)54-41-35(48)24-50-25-36(41)49/h14-19,21,24-25,28,31,34,37,43,56H,5-13,20,22-23,26-27H2,1-4H3,(H,51,59)(H,53,57)(H,50,54,58)/t34?,37?,43-/m1/s1. The zero-order valence-corrected chi connectivity index (χ0v) is 38.7. The number of hydrogen-bond acceptors (Lipinski definition) is 10. The summed E-state index contributed by atoms with van der Waals surface area (Å²) in [6.07, 6.45) is 9.76. The van der Waals surface area contributed by atoms with Crippen molar-refractivity contribution < 1.29 is 33.8 Å². The highest BCUT2D eigenvalue weighted by Gasteiger charge is 2.44. The maximum atomic E-state index is 14.0. The second-order valence-corrected chi connectivity index (χ2v) is 19.2. The van der Waals surface area contributed by atoms with Crippen LogP contribution < -0.4 is 25.4 Å². The van der Waals surface area contributed by atoms with E-state index in [0.717, 1.165) is 66.6 Å². The lowest BCUT2D eigenvalue weighted by Crippen LogP contribution is -2.57. The number of likely N-dealkylation sites (tertiary alicyclic amines) is 1. The van der Waals surface area contributed by atoms with Crippen molar-refractivity contribution in [2.75, 3.05) is 25.1 Å². The highest BCUT2D eigenvalue weighted by molar-refractivity contribution is 7.13. The molecule has 2 aromatic heterocycles. The summed E-state index contributed by atoms with van der Waals surface area (Å²) in [6.45, 7) is 8.94. The number of hydrogen-bond donors (Lipinski definition) is 4. The summed E-state index contributed by atoms with van der Waals surface area (Å²) >= 11 is 14.0. The van der Waals surface area contributed by atoms with Crippen molar-refractivity contribution in [3.8, 4) is 21.9 Å². The van der Waals surface area contributed by atoms with Crippen LogP contribution in [0.3, 0.4) is 0 Å². The molecule has 0 bridgehead atoms. The first-order valence-electron chi connectivity index (χ1n) is 21.7. The van der Waals surface area contributed by atoms with Gasteiger partial charge in [-0.3, -0.25) is 24.2 Å². The number of benzene rings is 2. The molecule has 3 heterocycles. The summed E-state index contributed by atoms with van der Waals surface area (Å²) in [5, 5.41) is 19.7. The lowest BCUT2D eigenvalue weighted by molar-refractivity contribution is -0.144. The summed E-state index contributed by atoms with van der Waals surface area (Å²) in [5.41, 5.74) is 4.77. The lowest BCUT2D eigenvalue weighted by atomic mass is 9.85. The Labute approximate surface area is 383 Å². The molecule has 4 aromatic rings. The second-order valence-electron chi connectivity index (χ2n) is 17.5. The van der Waals surface area contributed by atoms with Crippen LogP contribution in [-0.2, 0) is 20.9 Å². The number of carbonyl (C=O) groups is 4. The van der Waals surface area contributed by atoms with E-state index in [9.17, 15) is 24.3 Å². The molecular weight excluding hydrogens is 864 g/mol. The summed E-state index contributed by atoms with van der Waals surface area (Å²) in [6, 6.07) is 11.3. The Hall–Kier alpha value is -4.76. The van der Waals surface area contributed by atoms with E-state index in [1.54, 1.807) is 29.5 Å². The SMILES string of the molecule is Cc1ncsc1-c1ccc(CNC(=O)C2CC(O)CN2C(=O)[C@@H](NC(=O)CCCCCCCCOc2cc(C(=O)Nc3c(Cl)cncc3Cl)ccc2OCC2CC2)C(C)(C)C)cc1. The van der Waals surface area contributed by atoms with E-state index in [4.69, 9.17) is 32.7 Å². The quantitative estimate of drug-likeness (QED) is 0.0597. The van der Waals surface area contributed by atoms with E-state index < -0.39 is 29.5 Å². The molecule has 1 aliphatic heterocycles. The van der Waals surface area contributed by atoms with Crippen molar-refractivity contribution in [2.45, 2.75) is 117 Å². The molecule has 338 valence electrons. The molecule has 2 aromatic carbocycles. The number of thiazole rings is 1. The molecule has 0 radical (unpaired) electrons. The van der Waals surface area contributed by atoms with Crippen molar-refractivity contribution in [2.24, 2.45) is 11.3 Å². The van der Waals surface area contributed by atoms with E-state index in [1.165, 1.54) is 17.3 Å². The van der Waals surface area contributed by atoms with Crippen LogP contribution in [0.4, 0.5) is 5.69 Å². The molecule has 13 nitrogen and oxygen atoms in total. The van der Waals surface area contributed by atoms with Crippen molar-refractivity contribution >= 4 is 63.9 Å². The van der Waals surface area contributed by atoms with Crippen LogP contribution in [0.5, 0.6) is 11.5 Å². The second kappa shape index (κ2) is 22.2. The number of ether oxygens (including phenoxy) is 2. The van der Waals surface area contributed by atoms with Gasteiger partial charge in [-0.05, 0) is 73.3 Å². The molecule has 2 aliphatic rings. The van der Waals surface area contributed by atoms with E-state index in [2.05, 4.69) is 25.9 Å². The van der Waals surface area contributed by atoms with Crippen molar-refractivity contribution in [3.05, 3.63) is 87.2 Å². The number of aromatic nitrogens is 2. The molecule has 6 rings (SSSR count). The molecule has 3 atom stereocenters. The number of aliphatic hydroxyl groups is 1. The number of β-amino-alcohol motifs (C(OH)–C–C–N with tert-alkyl or cyclic N) is 1. The van der Waals surface area contributed by atoms with Gasteiger partial charge in [0.2, 0.25) is 17.7 Å². The summed E-state index contributed by atoms with van der Waals surface area (Å²) < 4.78 is 12.2. The molecular formula is C47H58Cl2N6O7S. The molecule has 4 amide bonds. The zero-order valence-electron chi connectivity index (χ0n) is 36.4. The minimum absolute atomic E-state index is 0.0185. The van der Waals surface area contributed by atoms with Gasteiger partial charge in [0.15, 0.2) is 11.5 Å². The molecule has 16 heteroatoms. The number of anilines is 1. The predicted molar refractivity (Wildman–Crippen MR) is 246 cm³/mol. The van der Waals surface area contributed by atoms with Crippen LogP contribution in [-0.4, -0.2) is 81.5 Å². The number of carbonyl (C=O) groups excluding carboxylic acids is 4. The number of amides is 4. The number of unbranched alkanes of at least 4 members (excludes halogenated alkanes) is 5. The van der Waals surface area contributed by atoms with Crippen LogP contribution in [0.15, 0.2) is 60.4 Å². The van der Waals surface area contributed by atoms with Crippen LogP contribution in [0.2, 0.25) is 10.0 Å². The molecule has 4 N–H and O–H groups in total. The first kappa shape index (κ1) is 47.7. The zero-order chi connectivity index (χ0) is 45.1. The van der Waals surface area contributed by atoms with E-state index >= 15 is 0 Å². The number of rotatable bonds is 21. The predicted octanol–water partition coefficient (Wildman–Crippen LogP) is 8.78. The van der Waals surface area contributed by atoms with Gasteiger partial charge in [-0.2, -0.15) is 0 Å². The molecule has 1 saturated carbocycles. The largest absolute Gasteiger partial charge is 0.490 e. The Morgan fingerprint density at radius 2 is 1.63 bits per heavy atom. The normalized spacial score (nSPS) is 16.7. The fraction of sp³-hybridized carbons (Fsp3) is 0.489. The Morgan fingerprint density at radius 3 is 2.30 bits per heavy atom. The average molecular weight is 922 g/mol. The Kier molecular flexibility index (Phi) is 16.8. The van der Waals surface area contributed by atoms with Crippen LogP contribution in [0.25, 0.3) is 10.4 Å². The third-order valence-corrected chi connectivity index (χ3v) is 12.8. The smallest absolute Gasteiger partial charge is 0.255 e. The van der Waals surface area contributed by atoms with Crippen LogP contribution >= 0.6 is 34.5 Å². The molecule has 2 fully saturated rings. The highest BCUT2D eigenvalue weighted by Crippen LogP contribution is 2.35. The maximum Gasteiger partial charge on any atom is 0.255 e. The molecule has 2 unspecified atom stereocenters. The number of aliphatic hydroxyl groups excluding tert-OH is 1. The Balaban J connectivity index is 0.914. The fourth-order valence-corrected chi connectivity index (χ4v) is 8.65. The van der Waals surface area contributed by atoms with Gasteiger partial charge < -0.3 is 35.4 Å². The number of pyridine rings is 1. The molecule has 0 spiro atoms. The first-order chi connectivity index (χ1) is 30.2. The monoisotopic (exact) mass is 920 g/mol. The van der Waals surface area contributed by atoms with Crippen molar-refractivity contribution in [1.82, 2.24) is 25.5 Å². The van der Waals surface area contributed by atoms with Crippen molar-refractivity contribution in [1.29, 1.82) is 0 Å². The average Bonchev–Trinajstić information content (AvgIpc) is 3.85. The van der Waals surface area contributed by atoms with E-state index in [-0.39, 0.29) is 59.4 Å². The van der Waals surface area contributed by atoms with Gasteiger partial charge in [-0.25, -0.2) is 4.98 Å². The highest BCUT2D eigenvalue weighted by atomic mass is 35.5. The Bertz CT molecular complexity index is 2190. The van der Waals surface area contributed by atoms with Gasteiger partial charge in [-0.15, -0.1) is 11.3 Å². The van der Waals surface area contributed by atoms with Crippen LogP contribution in [0.1, 0.15) is 107 Å². The fourth-order valence-electron chi connectivity index (χ4n) is 7.38. The van der Waals surface area contributed by atoms with Gasteiger partial charge in [0.25, 0.3) is 5.91 Å². The minimum atomic E-state index is -0.874. The van der Waals surface area contributed by atoms with Gasteiger partial charge in [0.05, 0.1) is 51.1 Å². The van der Waals surface area contributed by atoms with E-state index in [0.29, 0.717) is 42.6 Å². The van der Waals surface area contributed by atoms with Crippen LogP contribution in [0, 0.1) is 18.3 Å². The number of halogens is 2. The van der Waals surface area contributed by atoms with Gasteiger partial charge in [0.1, 0.15) is 12.1 Å². The molecule has 63 heavy (non-hydrogen) atoms. The minimum Gasteiger partial charge on any atom is -0.490 e. The number of aryl methyl sites for hydroxylation is 1. The number of nitrogens with one attached hydrogen (secondary N) is 3. The molecule has 1 saturated heterocycles. The third kappa shape index (κ3) is 13.6. The summed E-state index contributed by atoms with van der Waals surface area (Å²) in [4.78, 5) is 64.5. The number of nitrogens with zero attached hydrogens (tertiary/aromatic N) is 3. The van der Waals surface area contributed by atoms with Crippen molar-refractivity contribution in [3.63, 3.8) is 0 Å². The van der Waals surface area contributed by atoms with Gasteiger partial charge >= 0.3 is 0 Å². The van der Waals surface area contributed by atoms with E-state index in [1.807, 2.05) is 57.5 Å². The summed E-state index contributed by atoms with van der Waals surface area (Å²) in [5.74, 6) is 0.286. The third-order valence-electron chi connectivity index (χ3n) is 11.2. The maximum absolute atomic E-state index is 14.0. The Morgan fingerprint density at radius 1 is 0.937 bits per heavy atom. The summed E-state index contributed by atoms with van der Waals surface area (Å²) in [7, 11) is 0. The van der Waals surface area contributed by atoms with Gasteiger partial charge in [0, 0.05) is 43.9 Å². The lowest BCUT2D eigenvalue weighted by Gasteiger charge is -2.35. The topological polar surface area (TPSA) is 172 Å². The molecule has 1 aliphatic carbocycles. The first-order valence-corrected chi connectivity index (χ1v) is 23.4.